The molecule has 4 aromatic rings. The van der Waals surface area contributed by atoms with Crippen LogP contribution >= 0.6 is 0 Å². The average Bonchev–Trinajstić information content (AvgIpc) is 3.32. The fourth-order valence-electron chi connectivity index (χ4n) is 4.16. The monoisotopic (exact) mass is 479 g/mol. The highest BCUT2D eigenvalue weighted by Crippen LogP contribution is 2.23. The lowest BCUT2D eigenvalue weighted by atomic mass is 10.2. The Morgan fingerprint density at radius 1 is 1.11 bits per heavy atom. The third kappa shape index (κ3) is 4.60. The van der Waals surface area contributed by atoms with Crippen LogP contribution in [0.15, 0.2) is 42.7 Å². The second-order valence-corrected chi connectivity index (χ2v) is 8.16. The van der Waals surface area contributed by atoms with E-state index in [1.807, 2.05) is 17.0 Å². The Bertz CT molecular complexity index is 1350. The molecular formula is C23H25F2N10+. The van der Waals surface area contributed by atoms with Crippen molar-refractivity contribution in [3.63, 3.8) is 0 Å². The van der Waals surface area contributed by atoms with Gasteiger partial charge in [0.15, 0.2) is 17.7 Å². The number of benzene rings is 1. The molecule has 0 unspecified atom stereocenters. The highest BCUT2D eigenvalue weighted by Gasteiger charge is 2.21. The number of aromatic nitrogens is 5. The van der Waals surface area contributed by atoms with Gasteiger partial charge in [-0.15, -0.1) is 5.10 Å². The van der Waals surface area contributed by atoms with Gasteiger partial charge in [-0.05, 0) is 24.3 Å². The molecule has 180 valence electrons. The van der Waals surface area contributed by atoms with Gasteiger partial charge in [-0.1, -0.05) is 0 Å². The fraction of sp³-hybridized carbons (Fsp3) is 0.261. The van der Waals surface area contributed by atoms with E-state index in [0.29, 0.717) is 48.2 Å². The molecule has 4 heterocycles. The molecule has 5 rings (SSSR count). The Balaban J connectivity index is 1.24. The average molecular weight is 480 g/mol. The summed E-state index contributed by atoms with van der Waals surface area (Å²) in [6.45, 7) is 4.14. The number of nitrogens with zero attached hydrogens (tertiary/aromatic N) is 7. The summed E-state index contributed by atoms with van der Waals surface area (Å²) in [5.74, 6) is 0.0736. The molecule has 1 aromatic carbocycles. The zero-order valence-electron chi connectivity index (χ0n) is 18.9. The highest BCUT2D eigenvalue weighted by atomic mass is 19.1. The standard InChI is InChI=1S/C23H24F2N10/c24-16-3-4-19(18(25)12-16)34-10-8-33(9-11-34)7-6-29-21-17(13-26)22-30-20(15-2-1-5-28-14-15)32-35(22)23(27)31-21/h1-5,12-14,26,29H,6-11H2,(H2,27,31)/p+1. The van der Waals surface area contributed by atoms with Crippen LogP contribution in [-0.4, -0.2) is 74.9 Å². The van der Waals surface area contributed by atoms with E-state index in [9.17, 15) is 8.78 Å². The van der Waals surface area contributed by atoms with Crippen molar-refractivity contribution in [1.29, 1.82) is 0 Å². The normalized spacial score (nSPS) is 14.4. The lowest BCUT2D eigenvalue weighted by molar-refractivity contribution is -0.104. The number of pyridine rings is 1. The van der Waals surface area contributed by atoms with Crippen molar-refractivity contribution in [1.82, 2.24) is 29.5 Å². The maximum atomic E-state index is 14.1. The summed E-state index contributed by atoms with van der Waals surface area (Å²) in [6, 6.07) is 7.36. The molecule has 0 aliphatic carbocycles. The van der Waals surface area contributed by atoms with Gasteiger partial charge in [0, 0.05) is 63.3 Å². The van der Waals surface area contributed by atoms with E-state index in [1.165, 1.54) is 22.9 Å². The summed E-state index contributed by atoms with van der Waals surface area (Å²) in [6.07, 6.45) is 4.78. The van der Waals surface area contributed by atoms with Gasteiger partial charge in [0.2, 0.25) is 5.95 Å². The van der Waals surface area contributed by atoms with Gasteiger partial charge in [0.25, 0.3) is 0 Å². The molecule has 1 saturated heterocycles. The molecule has 3 aromatic heterocycles. The number of hydrogen-bond donors (Lipinski definition) is 3. The van der Waals surface area contributed by atoms with Crippen LogP contribution in [0.5, 0.6) is 0 Å². The molecule has 1 fully saturated rings. The summed E-state index contributed by atoms with van der Waals surface area (Å²) >= 11 is 0. The van der Waals surface area contributed by atoms with Crippen molar-refractivity contribution in [2.24, 2.45) is 0 Å². The molecule has 0 spiro atoms. The third-order valence-corrected chi connectivity index (χ3v) is 5.98. The highest BCUT2D eigenvalue weighted by molar-refractivity contribution is 5.91. The first kappa shape index (κ1) is 22.6. The first-order valence-corrected chi connectivity index (χ1v) is 11.2. The largest absolute Gasteiger partial charge is 0.368 e. The zero-order chi connectivity index (χ0) is 24.4. The molecule has 0 saturated carbocycles. The van der Waals surface area contributed by atoms with Crippen molar-refractivity contribution in [2.75, 3.05) is 55.2 Å². The van der Waals surface area contributed by atoms with Crippen LogP contribution in [0.4, 0.5) is 26.2 Å². The quantitative estimate of drug-likeness (QED) is 0.327. The van der Waals surface area contributed by atoms with Gasteiger partial charge in [-0.2, -0.15) is 9.50 Å². The number of anilines is 3. The Kier molecular flexibility index (Phi) is 6.19. The van der Waals surface area contributed by atoms with Crippen molar-refractivity contribution in [2.45, 2.75) is 0 Å². The lowest BCUT2D eigenvalue weighted by Crippen LogP contribution is -2.48. The van der Waals surface area contributed by atoms with Crippen molar-refractivity contribution >= 4 is 29.3 Å². The van der Waals surface area contributed by atoms with Crippen molar-refractivity contribution in [3.8, 4) is 11.4 Å². The number of nitrogens with two attached hydrogens (primary N) is 2. The molecule has 0 amide bonds. The number of halogens is 2. The Morgan fingerprint density at radius 2 is 1.94 bits per heavy atom. The van der Waals surface area contributed by atoms with Crippen LogP contribution in [0.1, 0.15) is 5.56 Å². The van der Waals surface area contributed by atoms with E-state index in [1.54, 1.807) is 12.4 Å². The topological polar surface area (TPSA) is 126 Å². The van der Waals surface area contributed by atoms with Gasteiger partial charge in [-0.3, -0.25) is 15.3 Å². The van der Waals surface area contributed by atoms with E-state index in [4.69, 9.17) is 11.1 Å². The van der Waals surface area contributed by atoms with Crippen LogP contribution < -0.4 is 21.4 Å². The van der Waals surface area contributed by atoms with Crippen molar-refractivity contribution < 1.29 is 14.2 Å². The first-order valence-electron chi connectivity index (χ1n) is 11.2. The number of nitrogen functional groups attached to an aromatic ring is 1. The SMILES string of the molecule is Nc1nc(NCCN2CCN(c3ccc(F)cc3F)CC2)c(C=[NH2+])c2nc(-c3cccnc3)nn12. The van der Waals surface area contributed by atoms with Crippen molar-refractivity contribution in [3.05, 3.63) is 59.9 Å². The van der Waals surface area contributed by atoms with Gasteiger partial charge < -0.3 is 16.0 Å². The van der Waals surface area contributed by atoms with E-state index in [2.05, 4.69) is 30.3 Å². The van der Waals surface area contributed by atoms with Crippen LogP contribution in [-0.2, 0) is 0 Å². The molecule has 35 heavy (non-hydrogen) atoms. The maximum Gasteiger partial charge on any atom is 0.225 e. The van der Waals surface area contributed by atoms with E-state index < -0.39 is 11.6 Å². The predicted molar refractivity (Wildman–Crippen MR) is 129 cm³/mol. The second-order valence-electron chi connectivity index (χ2n) is 8.16. The number of piperazine rings is 1. The van der Waals surface area contributed by atoms with E-state index in [-0.39, 0.29) is 5.95 Å². The summed E-state index contributed by atoms with van der Waals surface area (Å²) < 4.78 is 28.7. The smallest absolute Gasteiger partial charge is 0.225 e. The maximum absolute atomic E-state index is 14.1. The fourth-order valence-corrected chi connectivity index (χ4v) is 4.16. The molecule has 0 radical (unpaired) electrons. The first-order chi connectivity index (χ1) is 17.0. The number of nitrogens with one attached hydrogen (secondary N) is 1. The third-order valence-electron chi connectivity index (χ3n) is 5.98. The van der Waals surface area contributed by atoms with Gasteiger partial charge >= 0.3 is 0 Å². The Morgan fingerprint density at radius 3 is 2.66 bits per heavy atom. The minimum Gasteiger partial charge on any atom is -0.368 e. The van der Waals surface area contributed by atoms with Crippen LogP contribution in [0, 0.1) is 11.6 Å². The van der Waals surface area contributed by atoms with Crippen LogP contribution in [0.2, 0.25) is 0 Å². The predicted octanol–water partition coefficient (Wildman–Crippen LogP) is 0.459. The van der Waals surface area contributed by atoms with Gasteiger partial charge in [-0.25, -0.2) is 13.8 Å². The van der Waals surface area contributed by atoms with Crippen LogP contribution in [0.3, 0.4) is 0 Å². The Hall–Kier alpha value is -4.19. The number of fused-ring (bicyclic) bond motifs is 1. The van der Waals surface area contributed by atoms with E-state index in [0.717, 1.165) is 31.3 Å². The van der Waals surface area contributed by atoms with Crippen LogP contribution in [0.25, 0.3) is 17.0 Å². The molecule has 0 bridgehead atoms. The molecule has 1 aliphatic rings. The molecule has 5 N–H and O–H groups in total. The van der Waals surface area contributed by atoms with Gasteiger partial charge in [0.05, 0.1) is 5.69 Å². The summed E-state index contributed by atoms with van der Waals surface area (Å²) in [7, 11) is 0. The minimum absolute atomic E-state index is 0.186. The molecular weight excluding hydrogens is 454 g/mol. The minimum atomic E-state index is -0.572. The zero-order valence-corrected chi connectivity index (χ0v) is 18.9. The number of hydrogen-bond acceptors (Lipinski definition) is 8. The van der Waals surface area contributed by atoms with E-state index >= 15 is 0 Å². The molecule has 0 atom stereocenters. The lowest BCUT2D eigenvalue weighted by Gasteiger charge is -2.36. The molecule has 12 heteroatoms. The summed E-state index contributed by atoms with van der Waals surface area (Å²) in [5.41, 5.74) is 8.43. The van der Waals surface area contributed by atoms with Gasteiger partial charge in [0.1, 0.15) is 23.0 Å². The summed E-state index contributed by atoms with van der Waals surface area (Å²) in [4.78, 5) is 17.3. The Labute approximate surface area is 199 Å². The summed E-state index contributed by atoms with van der Waals surface area (Å²) in [5, 5.41) is 13.7. The number of rotatable bonds is 7. The second kappa shape index (κ2) is 9.58. The molecule has 1 aliphatic heterocycles. The molecule has 10 nitrogen and oxygen atoms in total.